The lowest BCUT2D eigenvalue weighted by molar-refractivity contribution is 0.0542. The van der Waals surface area contributed by atoms with Crippen LogP contribution >= 0.6 is 0 Å². The molecule has 0 bridgehead atoms. The quantitative estimate of drug-likeness (QED) is 0.757. The Morgan fingerprint density at radius 3 is 2.44 bits per heavy atom. The smallest absolute Gasteiger partial charge is 0.213 e. The van der Waals surface area contributed by atoms with Gasteiger partial charge in [0.25, 0.3) is 0 Å². The van der Waals surface area contributed by atoms with Crippen LogP contribution in [-0.4, -0.2) is 24.3 Å². The van der Waals surface area contributed by atoms with Crippen molar-refractivity contribution in [3.05, 3.63) is 23.4 Å². The summed E-state index contributed by atoms with van der Waals surface area (Å²) in [6, 6.07) is 3.92. The van der Waals surface area contributed by atoms with Crippen LogP contribution in [0.5, 0.6) is 5.88 Å². The summed E-state index contributed by atoms with van der Waals surface area (Å²) in [5.41, 5.74) is 7.74. The van der Waals surface area contributed by atoms with Crippen LogP contribution in [0, 0.1) is 0 Å². The standard InChI is InChI=1S/C14H24N2O2/c1-10(2)13-7-12(9-15)8-14(16-13)18-6-5-17-11(3)4/h7-8,10-11H,5-6,9,15H2,1-4H3. The highest BCUT2D eigenvalue weighted by atomic mass is 16.5. The lowest BCUT2D eigenvalue weighted by atomic mass is 10.1. The van der Waals surface area contributed by atoms with Gasteiger partial charge in [-0.05, 0) is 31.4 Å². The van der Waals surface area contributed by atoms with Gasteiger partial charge in [-0.3, -0.25) is 0 Å². The molecule has 0 aromatic carbocycles. The van der Waals surface area contributed by atoms with E-state index in [2.05, 4.69) is 18.8 Å². The largest absolute Gasteiger partial charge is 0.475 e. The predicted molar refractivity (Wildman–Crippen MR) is 72.8 cm³/mol. The third kappa shape index (κ3) is 5.02. The van der Waals surface area contributed by atoms with Crippen LogP contribution in [0.4, 0.5) is 0 Å². The fourth-order valence-corrected chi connectivity index (χ4v) is 1.50. The van der Waals surface area contributed by atoms with Gasteiger partial charge in [0.15, 0.2) is 0 Å². The summed E-state index contributed by atoms with van der Waals surface area (Å²) in [5, 5.41) is 0. The summed E-state index contributed by atoms with van der Waals surface area (Å²) >= 11 is 0. The number of nitrogens with zero attached hydrogens (tertiary/aromatic N) is 1. The second-order valence-corrected chi connectivity index (χ2v) is 4.87. The van der Waals surface area contributed by atoms with E-state index in [4.69, 9.17) is 15.2 Å². The summed E-state index contributed by atoms with van der Waals surface area (Å²) in [5.74, 6) is 1.000. The van der Waals surface area contributed by atoms with Crippen LogP contribution in [0.3, 0.4) is 0 Å². The molecule has 0 atom stereocenters. The second kappa shape index (κ2) is 7.34. The maximum atomic E-state index is 5.67. The van der Waals surface area contributed by atoms with Crippen molar-refractivity contribution in [2.75, 3.05) is 13.2 Å². The van der Waals surface area contributed by atoms with Gasteiger partial charge in [0.05, 0.1) is 12.7 Å². The molecule has 0 aliphatic heterocycles. The molecule has 1 aromatic rings. The molecule has 0 saturated carbocycles. The van der Waals surface area contributed by atoms with Crippen molar-refractivity contribution in [2.45, 2.75) is 46.3 Å². The van der Waals surface area contributed by atoms with Crippen molar-refractivity contribution in [3.8, 4) is 5.88 Å². The Morgan fingerprint density at radius 2 is 1.89 bits per heavy atom. The topological polar surface area (TPSA) is 57.4 Å². The first-order valence-corrected chi connectivity index (χ1v) is 6.48. The minimum atomic E-state index is 0.225. The van der Waals surface area contributed by atoms with Crippen molar-refractivity contribution in [2.24, 2.45) is 5.73 Å². The number of aromatic nitrogens is 1. The molecule has 0 amide bonds. The number of nitrogens with two attached hydrogens (primary N) is 1. The number of hydrogen-bond acceptors (Lipinski definition) is 4. The highest BCUT2D eigenvalue weighted by Crippen LogP contribution is 2.18. The molecule has 0 radical (unpaired) electrons. The van der Waals surface area contributed by atoms with Gasteiger partial charge in [0, 0.05) is 18.3 Å². The lowest BCUT2D eigenvalue weighted by Crippen LogP contribution is -2.12. The van der Waals surface area contributed by atoms with Gasteiger partial charge in [0.1, 0.15) is 6.61 Å². The van der Waals surface area contributed by atoms with Crippen LogP contribution in [0.25, 0.3) is 0 Å². The lowest BCUT2D eigenvalue weighted by Gasteiger charge is -2.12. The number of pyridine rings is 1. The predicted octanol–water partition coefficient (Wildman–Crippen LogP) is 2.47. The maximum absolute atomic E-state index is 5.67. The van der Waals surface area contributed by atoms with Crippen LogP contribution < -0.4 is 10.5 Å². The third-order valence-corrected chi connectivity index (χ3v) is 2.49. The third-order valence-electron chi connectivity index (χ3n) is 2.49. The van der Waals surface area contributed by atoms with E-state index in [9.17, 15) is 0 Å². The molecule has 4 nitrogen and oxygen atoms in total. The molecule has 2 N–H and O–H groups in total. The van der Waals surface area contributed by atoms with Gasteiger partial charge < -0.3 is 15.2 Å². The van der Waals surface area contributed by atoms with E-state index in [1.54, 1.807) is 0 Å². The minimum absolute atomic E-state index is 0.225. The Hall–Kier alpha value is -1.13. The van der Waals surface area contributed by atoms with E-state index in [1.807, 2.05) is 26.0 Å². The molecule has 0 aliphatic rings. The molecule has 18 heavy (non-hydrogen) atoms. The Morgan fingerprint density at radius 1 is 1.17 bits per heavy atom. The Bertz CT molecular complexity index is 365. The Balaban J connectivity index is 2.61. The summed E-state index contributed by atoms with van der Waals surface area (Å²) < 4.78 is 11.0. The number of rotatable bonds is 7. The zero-order chi connectivity index (χ0) is 13.5. The van der Waals surface area contributed by atoms with E-state index < -0.39 is 0 Å². The first-order valence-electron chi connectivity index (χ1n) is 6.48. The van der Waals surface area contributed by atoms with E-state index in [1.165, 1.54) is 0 Å². The Kier molecular flexibility index (Phi) is 6.09. The molecular weight excluding hydrogens is 228 g/mol. The van der Waals surface area contributed by atoms with Crippen LogP contribution in [-0.2, 0) is 11.3 Å². The zero-order valence-corrected chi connectivity index (χ0v) is 11.8. The van der Waals surface area contributed by atoms with Gasteiger partial charge in [0.2, 0.25) is 5.88 Å². The average molecular weight is 252 g/mol. The number of hydrogen-bond donors (Lipinski definition) is 1. The Labute approximate surface area is 110 Å². The normalized spacial score (nSPS) is 11.3. The maximum Gasteiger partial charge on any atom is 0.213 e. The summed E-state index contributed by atoms with van der Waals surface area (Å²) in [4.78, 5) is 4.46. The summed E-state index contributed by atoms with van der Waals surface area (Å²) in [6.07, 6.45) is 0.225. The average Bonchev–Trinajstić information content (AvgIpc) is 2.34. The zero-order valence-electron chi connectivity index (χ0n) is 11.8. The van der Waals surface area contributed by atoms with E-state index in [0.29, 0.717) is 31.6 Å². The summed E-state index contributed by atoms with van der Waals surface area (Å²) in [7, 11) is 0. The van der Waals surface area contributed by atoms with Crippen molar-refractivity contribution in [3.63, 3.8) is 0 Å². The van der Waals surface area contributed by atoms with Gasteiger partial charge in [-0.1, -0.05) is 13.8 Å². The van der Waals surface area contributed by atoms with E-state index >= 15 is 0 Å². The molecule has 4 heteroatoms. The first-order chi connectivity index (χ1) is 8.52. The molecule has 102 valence electrons. The molecular formula is C14H24N2O2. The highest BCUT2D eigenvalue weighted by Gasteiger charge is 2.06. The summed E-state index contributed by atoms with van der Waals surface area (Å²) in [6.45, 7) is 9.80. The van der Waals surface area contributed by atoms with E-state index in [0.717, 1.165) is 11.3 Å². The van der Waals surface area contributed by atoms with E-state index in [-0.39, 0.29) is 6.10 Å². The molecule has 1 heterocycles. The van der Waals surface area contributed by atoms with Gasteiger partial charge >= 0.3 is 0 Å². The second-order valence-electron chi connectivity index (χ2n) is 4.87. The molecule has 0 fully saturated rings. The molecule has 0 saturated heterocycles. The van der Waals surface area contributed by atoms with Crippen molar-refractivity contribution in [1.82, 2.24) is 4.98 Å². The fraction of sp³-hybridized carbons (Fsp3) is 0.643. The molecule has 1 aromatic heterocycles. The molecule has 0 unspecified atom stereocenters. The molecule has 1 rings (SSSR count). The monoisotopic (exact) mass is 252 g/mol. The highest BCUT2D eigenvalue weighted by molar-refractivity contribution is 5.26. The van der Waals surface area contributed by atoms with Gasteiger partial charge in [-0.25, -0.2) is 4.98 Å². The van der Waals surface area contributed by atoms with Gasteiger partial charge in [-0.2, -0.15) is 0 Å². The van der Waals surface area contributed by atoms with Gasteiger partial charge in [-0.15, -0.1) is 0 Å². The molecule has 0 spiro atoms. The van der Waals surface area contributed by atoms with Crippen molar-refractivity contribution in [1.29, 1.82) is 0 Å². The molecule has 0 aliphatic carbocycles. The number of ether oxygens (including phenoxy) is 2. The fourth-order valence-electron chi connectivity index (χ4n) is 1.50. The minimum Gasteiger partial charge on any atom is -0.475 e. The first kappa shape index (κ1) is 14.9. The van der Waals surface area contributed by atoms with Crippen molar-refractivity contribution < 1.29 is 9.47 Å². The van der Waals surface area contributed by atoms with Crippen LogP contribution in [0.15, 0.2) is 12.1 Å². The van der Waals surface area contributed by atoms with Crippen LogP contribution in [0.2, 0.25) is 0 Å². The van der Waals surface area contributed by atoms with Crippen LogP contribution in [0.1, 0.15) is 44.9 Å². The SMILES string of the molecule is CC(C)OCCOc1cc(CN)cc(C(C)C)n1. The van der Waals surface area contributed by atoms with Crippen molar-refractivity contribution >= 4 is 0 Å².